The Morgan fingerprint density at radius 1 is 1.04 bits per heavy atom. The van der Waals surface area contributed by atoms with Gasteiger partial charge >= 0.3 is 0 Å². The molecule has 0 unspecified atom stereocenters. The van der Waals surface area contributed by atoms with Crippen molar-refractivity contribution in [1.82, 2.24) is 15.0 Å². The molecule has 0 atom stereocenters. The van der Waals surface area contributed by atoms with E-state index >= 15 is 0 Å². The lowest BCUT2D eigenvalue weighted by atomic mass is 9.88. The molecule has 142 valence electrons. The van der Waals surface area contributed by atoms with Crippen molar-refractivity contribution in [2.24, 2.45) is 0 Å². The van der Waals surface area contributed by atoms with E-state index in [0.29, 0.717) is 0 Å². The number of aromatic nitrogens is 3. The average Bonchev–Trinajstić information content (AvgIpc) is 3.12. The fraction of sp³-hybridized carbons (Fsp3) is 0.348. The van der Waals surface area contributed by atoms with Crippen molar-refractivity contribution in [2.75, 3.05) is 0 Å². The van der Waals surface area contributed by atoms with Gasteiger partial charge in [0.25, 0.3) is 0 Å². The van der Waals surface area contributed by atoms with Crippen LogP contribution < -0.4 is 0 Å². The van der Waals surface area contributed by atoms with Crippen LogP contribution in [0.3, 0.4) is 0 Å². The Morgan fingerprint density at radius 2 is 1.86 bits per heavy atom. The Morgan fingerprint density at radius 3 is 2.68 bits per heavy atom. The van der Waals surface area contributed by atoms with E-state index in [1.807, 2.05) is 0 Å². The van der Waals surface area contributed by atoms with E-state index in [0.717, 1.165) is 40.4 Å². The van der Waals surface area contributed by atoms with Crippen LogP contribution in [0.25, 0.3) is 20.4 Å². The number of hydrogen-bond acceptors (Lipinski definition) is 5. The van der Waals surface area contributed by atoms with E-state index in [1.165, 1.54) is 51.7 Å². The van der Waals surface area contributed by atoms with Gasteiger partial charge in [-0.15, -0.1) is 23.1 Å². The summed E-state index contributed by atoms with van der Waals surface area (Å²) in [6.45, 7) is 2.25. The van der Waals surface area contributed by atoms with E-state index in [9.17, 15) is 0 Å². The molecule has 0 N–H and O–H groups in total. The first-order chi connectivity index (χ1) is 13.8. The Hall–Kier alpha value is -1.98. The van der Waals surface area contributed by atoms with Crippen molar-refractivity contribution >= 4 is 43.5 Å². The fourth-order valence-electron chi connectivity index (χ4n) is 4.19. The van der Waals surface area contributed by atoms with E-state index in [2.05, 4.69) is 42.2 Å². The predicted octanol–water partition coefficient (Wildman–Crippen LogP) is 6.36. The van der Waals surface area contributed by atoms with Gasteiger partial charge < -0.3 is 0 Å². The SMILES string of the molecule is CCCc1nc2sc3c(SCc4ccccc4)ncnc3c2c2c1CCCC2. The molecule has 1 aliphatic carbocycles. The molecule has 0 fully saturated rings. The summed E-state index contributed by atoms with van der Waals surface area (Å²) in [4.78, 5) is 15.6. The molecule has 0 radical (unpaired) electrons. The van der Waals surface area contributed by atoms with Gasteiger partial charge in [0.15, 0.2) is 0 Å². The first-order valence-corrected chi connectivity index (χ1v) is 11.9. The predicted molar refractivity (Wildman–Crippen MR) is 119 cm³/mol. The number of nitrogens with zero attached hydrogens (tertiary/aromatic N) is 3. The second kappa shape index (κ2) is 7.80. The highest BCUT2D eigenvalue weighted by Crippen LogP contribution is 2.41. The minimum atomic E-state index is 0.924. The van der Waals surface area contributed by atoms with Gasteiger partial charge in [-0.3, -0.25) is 0 Å². The minimum absolute atomic E-state index is 0.924. The van der Waals surface area contributed by atoms with Gasteiger partial charge in [-0.2, -0.15) is 0 Å². The first-order valence-electron chi connectivity index (χ1n) is 10.1. The second-order valence-electron chi connectivity index (χ2n) is 7.39. The number of hydrogen-bond donors (Lipinski definition) is 0. The molecule has 4 aromatic rings. The number of pyridine rings is 1. The molecule has 5 heteroatoms. The molecule has 5 rings (SSSR count). The Labute approximate surface area is 173 Å². The van der Waals surface area contributed by atoms with Gasteiger partial charge in [0.05, 0.1) is 10.2 Å². The molecule has 3 aromatic heterocycles. The molecule has 0 aliphatic heterocycles. The van der Waals surface area contributed by atoms with Crippen molar-refractivity contribution < 1.29 is 0 Å². The molecule has 3 nitrogen and oxygen atoms in total. The van der Waals surface area contributed by atoms with Crippen LogP contribution >= 0.6 is 23.1 Å². The smallest absolute Gasteiger partial charge is 0.126 e. The topological polar surface area (TPSA) is 38.7 Å². The third-order valence-electron chi connectivity index (χ3n) is 5.48. The van der Waals surface area contributed by atoms with Gasteiger partial charge in [0.1, 0.15) is 16.2 Å². The fourth-order valence-corrected chi connectivity index (χ4v) is 6.40. The molecule has 0 saturated carbocycles. The van der Waals surface area contributed by atoms with Crippen LogP contribution in [-0.4, -0.2) is 15.0 Å². The van der Waals surface area contributed by atoms with E-state index in [4.69, 9.17) is 9.97 Å². The summed E-state index contributed by atoms with van der Waals surface area (Å²) in [5.74, 6) is 0.924. The zero-order valence-corrected chi connectivity index (χ0v) is 17.7. The third-order valence-corrected chi connectivity index (χ3v) is 7.75. The highest BCUT2D eigenvalue weighted by molar-refractivity contribution is 7.98. The quantitative estimate of drug-likeness (QED) is 0.286. The lowest BCUT2D eigenvalue weighted by molar-refractivity contribution is 0.675. The number of aryl methyl sites for hydroxylation is 2. The normalized spacial score (nSPS) is 13.9. The molecular weight excluding hydrogens is 382 g/mol. The molecule has 0 amide bonds. The van der Waals surface area contributed by atoms with Crippen LogP contribution in [0.15, 0.2) is 41.7 Å². The largest absolute Gasteiger partial charge is 0.242 e. The van der Waals surface area contributed by atoms with Gasteiger partial charge in [0, 0.05) is 16.8 Å². The summed E-state index contributed by atoms with van der Waals surface area (Å²) >= 11 is 3.58. The molecule has 0 saturated heterocycles. The van der Waals surface area contributed by atoms with Crippen molar-refractivity contribution in [3.05, 3.63) is 59.0 Å². The number of rotatable bonds is 5. The van der Waals surface area contributed by atoms with Gasteiger partial charge in [-0.25, -0.2) is 15.0 Å². The number of benzene rings is 1. The zero-order chi connectivity index (χ0) is 18.9. The molecule has 1 aromatic carbocycles. The lowest BCUT2D eigenvalue weighted by Crippen LogP contribution is -2.09. The highest BCUT2D eigenvalue weighted by atomic mass is 32.2. The highest BCUT2D eigenvalue weighted by Gasteiger charge is 2.22. The maximum Gasteiger partial charge on any atom is 0.126 e. The van der Waals surface area contributed by atoms with Gasteiger partial charge in [-0.05, 0) is 48.8 Å². The first kappa shape index (κ1) is 18.1. The summed E-state index contributed by atoms with van der Waals surface area (Å²) in [6, 6.07) is 10.6. The molecule has 28 heavy (non-hydrogen) atoms. The van der Waals surface area contributed by atoms with Crippen LogP contribution in [0.1, 0.15) is 48.6 Å². The summed E-state index contributed by atoms with van der Waals surface area (Å²) < 4.78 is 1.20. The van der Waals surface area contributed by atoms with Crippen LogP contribution in [0.2, 0.25) is 0 Å². The van der Waals surface area contributed by atoms with Gasteiger partial charge in [0.2, 0.25) is 0 Å². The minimum Gasteiger partial charge on any atom is -0.242 e. The van der Waals surface area contributed by atoms with Crippen LogP contribution in [0, 0.1) is 0 Å². The zero-order valence-electron chi connectivity index (χ0n) is 16.1. The standard InChI is InChI=1S/C23H23N3S2/c1-2-8-18-16-11-6-7-12-17(16)19-20-21(28-22(19)26-18)23(25-14-24-20)27-13-15-9-4-3-5-10-15/h3-5,9-10,14H,2,6-8,11-13H2,1H3. The molecule has 0 spiro atoms. The maximum absolute atomic E-state index is 5.12. The summed E-state index contributed by atoms with van der Waals surface area (Å²) in [5.41, 5.74) is 6.78. The summed E-state index contributed by atoms with van der Waals surface area (Å²) in [6.07, 6.45) is 8.85. The Bertz CT molecular complexity index is 1140. The summed E-state index contributed by atoms with van der Waals surface area (Å²) in [5, 5.41) is 2.39. The molecule has 0 bridgehead atoms. The van der Waals surface area contributed by atoms with Crippen molar-refractivity contribution in [3.63, 3.8) is 0 Å². The average molecular weight is 406 g/mol. The van der Waals surface area contributed by atoms with Crippen LogP contribution in [-0.2, 0) is 25.0 Å². The molecule has 3 heterocycles. The number of fused-ring (bicyclic) bond motifs is 5. The van der Waals surface area contributed by atoms with E-state index < -0.39 is 0 Å². The van der Waals surface area contributed by atoms with Crippen molar-refractivity contribution in [3.8, 4) is 0 Å². The van der Waals surface area contributed by atoms with E-state index in [-0.39, 0.29) is 0 Å². The van der Waals surface area contributed by atoms with E-state index in [1.54, 1.807) is 29.4 Å². The van der Waals surface area contributed by atoms with Crippen LogP contribution in [0.5, 0.6) is 0 Å². The maximum atomic E-state index is 5.12. The second-order valence-corrected chi connectivity index (χ2v) is 9.35. The number of thioether (sulfide) groups is 1. The van der Waals surface area contributed by atoms with Crippen molar-refractivity contribution in [1.29, 1.82) is 0 Å². The third kappa shape index (κ3) is 3.20. The molecular formula is C23H23N3S2. The monoisotopic (exact) mass is 405 g/mol. The molecule has 1 aliphatic rings. The Balaban J connectivity index is 1.63. The Kier molecular flexibility index (Phi) is 5.03. The summed E-state index contributed by atoms with van der Waals surface area (Å²) in [7, 11) is 0. The van der Waals surface area contributed by atoms with Crippen LogP contribution in [0.4, 0.5) is 0 Å². The van der Waals surface area contributed by atoms with Crippen molar-refractivity contribution in [2.45, 2.75) is 56.2 Å². The number of thiophene rings is 1. The van der Waals surface area contributed by atoms with Gasteiger partial charge in [-0.1, -0.05) is 43.7 Å². The lowest BCUT2D eigenvalue weighted by Gasteiger charge is -2.19.